The fourth-order valence-electron chi connectivity index (χ4n) is 2.75. The summed E-state index contributed by atoms with van der Waals surface area (Å²) < 4.78 is 1.77. The van der Waals surface area contributed by atoms with Crippen LogP contribution in [0.2, 0.25) is 0 Å². The second-order valence-corrected chi connectivity index (χ2v) is 6.15. The van der Waals surface area contributed by atoms with E-state index in [9.17, 15) is 4.79 Å². The molecular formula is C20H22N4O. The minimum atomic E-state index is -0.171. The predicted molar refractivity (Wildman–Crippen MR) is 99.2 cm³/mol. The Labute approximate surface area is 147 Å². The Morgan fingerprint density at radius 2 is 1.88 bits per heavy atom. The number of hydrogen-bond acceptors (Lipinski definition) is 3. The lowest BCUT2D eigenvalue weighted by atomic mass is 10.1. The van der Waals surface area contributed by atoms with Crippen LogP contribution in [0.3, 0.4) is 0 Å². The summed E-state index contributed by atoms with van der Waals surface area (Å²) in [6.45, 7) is 6.07. The average molecular weight is 334 g/mol. The van der Waals surface area contributed by atoms with Gasteiger partial charge in [-0.05, 0) is 56.2 Å². The third kappa shape index (κ3) is 3.94. The van der Waals surface area contributed by atoms with Crippen LogP contribution in [0, 0.1) is 13.8 Å². The Bertz CT molecular complexity index is 864. The molecule has 0 spiro atoms. The standard InChI is InChI=1S/C20H22N4O/c1-4-5-16-6-9-18(10-7-16)22-20(25)17-8-11-19(21-13-17)24-15(3)12-14(2)23-24/h6-13H,4-5H2,1-3H3,(H,22,25). The molecule has 0 fully saturated rings. The second-order valence-electron chi connectivity index (χ2n) is 6.15. The van der Waals surface area contributed by atoms with Gasteiger partial charge in [0.15, 0.2) is 5.82 Å². The normalized spacial score (nSPS) is 10.7. The monoisotopic (exact) mass is 334 g/mol. The number of pyridine rings is 1. The molecule has 0 aliphatic carbocycles. The van der Waals surface area contributed by atoms with Crippen molar-refractivity contribution in [2.75, 3.05) is 5.32 Å². The highest BCUT2D eigenvalue weighted by Gasteiger charge is 2.09. The van der Waals surface area contributed by atoms with Crippen molar-refractivity contribution in [1.29, 1.82) is 0 Å². The number of carbonyl (C=O) groups is 1. The number of nitrogens with one attached hydrogen (secondary N) is 1. The van der Waals surface area contributed by atoms with Gasteiger partial charge in [0.25, 0.3) is 5.91 Å². The molecule has 1 N–H and O–H groups in total. The number of benzene rings is 1. The summed E-state index contributed by atoms with van der Waals surface area (Å²) in [6.07, 6.45) is 3.73. The summed E-state index contributed by atoms with van der Waals surface area (Å²) >= 11 is 0. The minimum absolute atomic E-state index is 0.171. The molecular weight excluding hydrogens is 312 g/mol. The lowest BCUT2D eigenvalue weighted by Gasteiger charge is -2.07. The van der Waals surface area contributed by atoms with E-state index in [1.165, 1.54) is 5.56 Å². The molecule has 0 unspecified atom stereocenters. The van der Waals surface area contributed by atoms with Crippen LogP contribution < -0.4 is 5.32 Å². The molecule has 128 valence electrons. The highest BCUT2D eigenvalue weighted by Crippen LogP contribution is 2.14. The molecule has 5 nitrogen and oxygen atoms in total. The molecule has 0 bridgehead atoms. The first kappa shape index (κ1) is 16.9. The molecule has 2 heterocycles. The average Bonchev–Trinajstić information content (AvgIpc) is 2.95. The van der Waals surface area contributed by atoms with E-state index in [2.05, 4.69) is 22.3 Å². The van der Waals surface area contributed by atoms with Crippen LogP contribution in [0.25, 0.3) is 5.82 Å². The fourth-order valence-corrected chi connectivity index (χ4v) is 2.75. The number of aromatic nitrogens is 3. The molecule has 1 amide bonds. The van der Waals surface area contributed by atoms with Crippen LogP contribution in [0.1, 0.15) is 40.7 Å². The summed E-state index contributed by atoms with van der Waals surface area (Å²) in [6, 6.07) is 13.5. The van der Waals surface area contributed by atoms with Crippen molar-refractivity contribution in [1.82, 2.24) is 14.8 Å². The molecule has 3 rings (SSSR count). The molecule has 0 saturated heterocycles. The van der Waals surface area contributed by atoms with Crippen LogP contribution in [0.5, 0.6) is 0 Å². The van der Waals surface area contributed by atoms with E-state index in [0.717, 1.165) is 29.9 Å². The summed E-state index contributed by atoms with van der Waals surface area (Å²) in [5.74, 6) is 0.529. The Balaban J connectivity index is 1.71. The Kier molecular flexibility index (Phi) is 4.93. The number of carbonyl (C=O) groups excluding carboxylic acids is 1. The molecule has 0 radical (unpaired) electrons. The van der Waals surface area contributed by atoms with Gasteiger partial charge in [0.2, 0.25) is 0 Å². The number of anilines is 1. The zero-order valence-electron chi connectivity index (χ0n) is 14.8. The van der Waals surface area contributed by atoms with Crippen LogP contribution in [0.15, 0.2) is 48.7 Å². The predicted octanol–water partition coefficient (Wildman–Crippen LogP) is 4.09. The topological polar surface area (TPSA) is 59.8 Å². The van der Waals surface area contributed by atoms with Gasteiger partial charge in [0.05, 0.1) is 11.3 Å². The minimum Gasteiger partial charge on any atom is -0.322 e. The molecule has 0 atom stereocenters. The Morgan fingerprint density at radius 1 is 1.12 bits per heavy atom. The number of rotatable bonds is 5. The van der Waals surface area contributed by atoms with Crippen molar-refractivity contribution in [2.24, 2.45) is 0 Å². The molecule has 0 aliphatic rings. The van der Waals surface area contributed by atoms with Crippen LogP contribution in [-0.2, 0) is 6.42 Å². The van der Waals surface area contributed by atoms with E-state index in [-0.39, 0.29) is 5.91 Å². The van der Waals surface area contributed by atoms with Gasteiger partial charge in [-0.25, -0.2) is 9.67 Å². The van der Waals surface area contributed by atoms with E-state index in [1.807, 2.05) is 44.2 Å². The van der Waals surface area contributed by atoms with Gasteiger partial charge in [-0.1, -0.05) is 25.5 Å². The van der Waals surface area contributed by atoms with E-state index in [0.29, 0.717) is 11.4 Å². The highest BCUT2D eigenvalue weighted by molar-refractivity contribution is 6.04. The highest BCUT2D eigenvalue weighted by atomic mass is 16.1. The number of nitrogens with zero attached hydrogens (tertiary/aromatic N) is 3. The van der Waals surface area contributed by atoms with Gasteiger partial charge < -0.3 is 5.32 Å². The lowest BCUT2D eigenvalue weighted by molar-refractivity contribution is 0.102. The smallest absolute Gasteiger partial charge is 0.257 e. The quantitative estimate of drug-likeness (QED) is 0.764. The number of aryl methyl sites for hydroxylation is 3. The molecule has 3 aromatic rings. The van der Waals surface area contributed by atoms with Crippen LogP contribution >= 0.6 is 0 Å². The van der Waals surface area contributed by atoms with Crippen molar-refractivity contribution in [3.8, 4) is 5.82 Å². The molecule has 5 heteroatoms. The van der Waals surface area contributed by atoms with Crippen molar-refractivity contribution < 1.29 is 4.79 Å². The van der Waals surface area contributed by atoms with Gasteiger partial charge >= 0.3 is 0 Å². The molecule has 2 aromatic heterocycles. The third-order valence-corrected chi connectivity index (χ3v) is 3.99. The number of hydrogen-bond donors (Lipinski definition) is 1. The van der Waals surface area contributed by atoms with Gasteiger partial charge in [0.1, 0.15) is 0 Å². The SMILES string of the molecule is CCCc1ccc(NC(=O)c2ccc(-n3nc(C)cc3C)nc2)cc1. The Morgan fingerprint density at radius 3 is 2.44 bits per heavy atom. The zero-order valence-corrected chi connectivity index (χ0v) is 14.8. The molecule has 1 aromatic carbocycles. The second kappa shape index (κ2) is 7.30. The molecule has 0 aliphatic heterocycles. The van der Waals surface area contributed by atoms with E-state index < -0.39 is 0 Å². The summed E-state index contributed by atoms with van der Waals surface area (Å²) in [7, 11) is 0. The summed E-state index contributed by atoms with van der Waals surface area (Å²) in [5.41, 5.74) is 4.52. The Hall–Kier alpha value is -2.95. The zero-order chi connectivity index (χ0) is 17.8. The van der Waals surface area contributed by atoms with Gasteiger partial charge in [-0.3, -0.25) is 4.79 Å². The summed E-state index contributed by atoms with van der Waals surface area (Å²) in [5, 5.41) is 7.30. The molecule has 25 heavy (non-hydrogen) atoms. The maximum absolute atomic E-state index is 12.4. The van der Waals surface area contributed by atoms with E-state index >= 15 is 0 Å². The van der Waals surface area contributed by atoms with Crippen molar-refractivity contribution in [3.63, 3.8) is 0 Å². The maximum atomic E-state index is 12.4. The van der Waals surface area contributed by atoms with Gasteiger partial charge in [0, 0.05) is 17.6 Å². The van der Waals surface area contributed by atoms with Crippen LogP contribution in [-0.4, -0.2) is 20.7 Å². The van der Waals surface area contributed by atoms with Crippen molar-refractivity contribution in [2.45, 2.75) is 33.6 Å². The first-order valence-electron chi connectivity index (χ1n) is 8.47. The number of amides is 1. The van der Waals surface area contributed by atoms with Crippen molar-refractivity contribution >= 4 is 11.6 Å². The van der Waals surface area contributed by atoms with Crippen molar-refractivity contribution in [3.05, 3.63) is 71.2 Å². The first-order valence-corrected chi connectivity index (χ1v) is 8.47. The largest absolute Gasteiger partial charge is 0.322 e. The van der Waals surface area contributed by atoms with E-state index in [1.54, 1.807) is 23.0 Å². The third-order valence-electron chi connectivity index (χ3n) is 3.99. The first-order chi connectivity index (χ1) is 12.1. The molecule has 0 saturated carbocycles. The van der Waals surface area contributed by atoms with Crippen LogP contribution in [0.4, 0.5) is 5.69 Å². The lowest BCUT2D eigenvalue weighted by Crippen LogP contribution is -2.13. The fraction of sp³-hybridized carbons (Fsp3) is 0.250. The van der Waals surface area contributed by atoms with Gasteiger partial charge in [-0.2, -0.15) is 5.10 Å². The van der Waals surface area contributed by atoms with E-state index in [4.69, 9.17) is 0 Å². The summed E-state index contributed by atoms with van der Waals surface area (Å²) in [4.78, 5) is 16.7. The maximum Gasteiger partial charge on any atom is 0.257 e. The van der Waals surface area contributed by atoms with Gasteiger partial charge in [-0.15, -0.1) is 0 Å².